The summed E-state index contributed by atoms with van der Waals surface area (Å²) < 4.78 is 24.8. The zero-order chi connectivity index (χ0) is 18.0. The summed E-state index contributed by atoms with van der Waals surface area (Å²) in [4.78, 5) is 33.8. The molecule has 10 heteroatoms. The number of amides is 1. The van der Waals surface area contributed by atoms with Crippen LogP contribution in [-0.4, -0.2) is 49.2 Å². The van der Waals surface area contributed by atoms with Crippen LogP contribution < -0.4 is 5.32 Å². The van der Waals surface area contributed by atoms with Crippen LogP contribution in [0.4, 0.5) is 4.79 Å². The van der Waals surface area contributed by atoms with E-state index in [0.717, 1.165) is 0 Å². The van der Waals surface area contributed by atoms with E-state index in [2.05, 4.69) is 10.1 Å². The summed E-state index contributed by atoms with van der Waals surface area (Å²) in [7, 11) is -1.84. The zero-order valence-corrected chi connectivity index (χ0v) is 14.6. The highest BCUT2D eigenvalue weighted by Gasteiger charge is 2.23. The fourth-order valence-electron chi connectivity index (χ4n) is 1.37. The van der Waals surface area contributed by atoms with Crippen molar-refractivity contribution in [3.05, 3.63) is 0 Å². The number of hydrogen-bond donors (Lipinski definition) is 2. The molecule has 0 aromatic heterocycles. The van der Waals surface area contributed by atoms with E-state index < -0.39 is 38.9 Å². The van der Waals surface area contributed by atoms with E-state index in [-0.39, 0.29) is 24.9 Å². The molecule has 0 aliphatic rings. The molecule has 1 amide bonds. The molecule has 0 fully saturated rings. The van der Waals surface area contributed by atoms with Gasteiger partial charge >= 0.3 is 26.1 Å². The van der Waals surface area contributed by atoms with E-state index in [1.807, 2.05) is 20.8 Å². The van der Waals surface area contributed by atoms with Gasteiger partial charge in [-0.1, -0.05) is 20.8 Å². The SMILES string of the molecule is C[P+](=O)OCCC(NC(=O)OCOC(=O)CC(C)(C)C)C(=O)O. The summed E-state index contributed by atoms with van der Waals surface area (Å²) >= 11 is 0. The molecular formula is C13H23NO8P+. The molecule has 0 saturated heterocycles. The highest BCUT2D eigenvalue weighted by molar-refractivity contribution is 7.38. The van der Waals surface area contributed by atoms with Gasteiger partial charge in [-0.15, -0.1) is 4.52 Å². The number of alkyl carbamates (subject to hydrolysis) is 1. The van der Waals surface area contributed by atoms with Crippen LogP contribution >= 0.6 is 8.03 Å². The smallest absolute Gasteiger partial charge is 0.480 e. The maximum absolute atomic E-state index is 11.4. The lowest BCUT2D eigenvalue weighted by Crippen LogP contribution is -2.42. The van der Waals surface area contributed by atoms with Crippen LogP contribution in [0.2, 0.25) is 0 Å². The Morgan fingerprint density at radius 1 is 1.22 bits per heavy atom. The quantitative estimate of drug-likeness (QED) is 0.366. The van der Waals surface area contributed by atoms with E-state index >= 15 is 0 Å². The van der Waals surface area contributed by atoms with Crippen molar-refractivity contribution in [1.29, 1.82) is 0 Å². The number of ether oxygens (including phenoxy) is 2. The molecule has 0 rings (SSSR count). The van der Waals surface area contributed by atoms with Crippen molar-refractivity contribution in [1.82, 2.24) is 5.32 Å². The topological polar surface area (TPSA) is 128 Å². The van der Waals surface area contributed by atoms with Crippen molar-refractivity contribution in [3.8, 4) is 0 Å². The average molecular weight is 352 g/mol. The summed E-state index contributed by atoms with van der Waals surface area (Å²) in [6.07, 6.45) is -0.965. The number of esters is 1. The highest BCUT2D eigenvalue weighted by atomic mass is 31.1. The zero-order valence-electron chi connectivity index (χ0n) is 13.7. The predicted octanol–water partition coefficient (Wildman–Crippen LogP) is 1.88. The molecule has 0 aliphatic heterocycles. The summed E-state index contributed by atoms with van der Waals surface area (Å²) in [5.41, 5.74) is -0.256. The van der Waals surface area contributed by atoms with Crippen LogP contribution in [0.3, 0.4) is 0 Å². The molecule has 0 aromatic rings. The van der Waals surface area contributed by atoms with Crippen LogP contribution in [0.1, 0.15) is 33.6 Å². The van der Waals surface area contributed by atoms with Crippen LogP contribution in [0, 0.1) is 5.41 Å². The highest BCUT2D eigenvalue weighted by Crippen LogP contribution is 2.18. The minimum Gasteiger partial charge on any atom is -0.480 e. The third kappa shape index (κ3) is 12.5. The Kier molecular flexibility index (Phi) is 9.36. The Morgan fingerprint density at radius 3 is 2.30 bits per heavy atom. The Morgan fingerprint density at radius 2 is 1.83 bits per heavy atom. The van der Waals surface area contributed by atoms with E-state index in [1.165, 1.54) is 6.66 Å². The van der Waals surface area contributed by atoms with Crippen molar-refractivity contribution in [2.45, 2.75) is 39.7 Å². The maximum atomic E-state index is 11.4. The average Bonchev–Trinajstić information content (AvgIpc) is 2.34. The first-order valence-electron chi connectivity index (χ1n) is 6.87. The van der Waals surface area contributed by atoms with Crippen molar-refractivity contribution in [2.75, 3.05) is 20.1 Å². The standard InChI is InChI=1S/C13H22NO8P/c1-13(2,3)7-10(15)20-8-21-12(18)14-9(11(16)17)5-6-22-23(4)19/h9H,5-8H2,1-4H3,(H-,14,16,17,18)/p+1. The van der Waals surface area contributed by atoms with Crippen LogP contribution in [-0.2, 0) is 28.2 Å². The van der Waals surface area contributed by atoms with Gasteiger partial charge in [-0.2, -0.15) is 0 Å². The Balaban J connectivity index is 4.11. The van der Waals surface area contributed by atoms with Crippen LogP contribution in [0.25, 0.3) is 0 Å². The maximum Gasteiger partial charge on any atom is 0.504 e. The first kappa shape index (κ1) is 21.3. The molecule has 0 aromatic carbocycles. The van der Waals surface area contributed by atoms with Gasteiger partial charge in [-0.25, -0.2) is 9.59 Å². The Hall–Kier alpha value is -1.73. The van der Waals surface area contributed by atoms with Crippen molar-refractivity contribution in [2.24, 2.45) is 5.41 Å². The third-order valence-corrected chi connectivity index (χ3v) is 2.90. The van der Waals surface area contributed by atoms with E-state index in [0.29, 0.717) is 0 Å². The van der Waals surface area contributed by atoms with Gasteiger partial charge in [0, 0.05) is 6.42 Å². The summed E-state index contributed by atoms with van der Waals surface area (Å²) in [5.74, 6) is -1.82. The van der Waals surface area contributed by atoms with Gasteiger partial charge in [0.1, 0.15) is 12.6 Å². The number of carbonyl (C=O) groups excluding carboxylic acids is 2. The van der Waals surface area contributed by atoms with Gasteiger partial charge in [0.25, 0.3) is 0 Å². The molecule has 132 valence electrons. The van der Waals surface area contributed by atoms with Gasteiger partial charge in [0.15, 0.2) is 6.66 Å². The fraction of sp³-hybridized carbons (Fsp3) is 0.769. The second kappa shape index (κ2) is 10.1. The molecule has 2 N–H and O–H groups in total. The predicted molar refractivity (Wildman–Crippen MR) is 80.2 cm³/mol. The largest absolute Gasteiger partial charge is 0.504 e. The molecular weight excluding hydrogens is 329 g/mol. The van der Waals surface area contributed by atoms with E-state index in [9.17, 15) is 18.9 Å². The number of carbonyl (C=O) groups is 3. The Bertz CT molecular complexity index is 446. The molecule has 2 atom stereocenters. The van der Waals surface area contributed by atoms with Gasteiger partial charge in [-0.05, 0) is 9.98 Å². The third-order valence-electron chi connectivity index (χ3n) is 2.35. The van der Waals surface area contributed by atoms with E-state index in [1.54, 1.807) is 0 Å². The van der Waals surface area contributed by atoms with E-state index in [4.69, 9.17) is 14.4 Å². The number of carboxylic acids is 1. The lowest BCUT2D eigenvalue weighted by atomic mass is 9.93. The molecule has 0 saturated carbocycles. The van der Waals surface area contributed by atoms with Gasteiger partial charge in [-0.3, -0.25) is 4.79 Å². The molecule has 9 nitrogen and oxygen atoms in total. The second-order valence-corrected chi connectivity index (χ2v) is 7.04. The number of aliphatic carboxylic acids is 1. The van der Waals surface area contributed by atoms with Gasteiger partial charge in [0.05, 0.1) is 6.42 Å². The van der Waals surface area contributed by atoms with Gasteiger partial charge in [0.2, 0.25) is 6.79 Å². The fourth-order valence-corrected chi connectivity index (χ4v) is 1.74. The summed E-state index contributed by atoms with van der Waals surface area (Å²) in [6, 6.07) is -1.26. The van der Waals surface area contributed by atoms with Crippen molar-refractivity contribution >= 4 is 26.1 Å². The molecule has 0 aliphatic carbocycles. The molecule has 23 heavy (non-hydrogen) atoms. The minimum absolute atomic E-state index is 0.0802. The molecule has 0 bridgehead atoms. The lowest BCUT2D eigenvalue weighted by Gasteiger charge is -2.17. The van der Waals surface area contributed by atoms with Gasteiger partial charge < -0.3 is 19.9 Å². The normalized spacial score (nSPS) is 13.0. The molecule has 0 heterocycles. The summed E-state index contributed by atoms with van der Waals surface area (Å²) in [6.45, 7) is 6.19. The number of nitrogens with one attached hydrogen (secondary N) is 1. The first-order chi connectivity index (χ1) is 10.5. The molecule has 2 unspecified atom stereocenters. The minimum atomic E-state index is -1.84. The van der Waals surface area contributed by atoms with Crippen molar-refractivity contribution in [3.63, 3.8) is 0 Å². The number of hydrogen-bond acceptors (Lipinski definition) is 7. The molecule has 0 radical (unpaired) electrons. The number of rotatable bonds is 9. The lowest BCUT2D eigenvalue weighted by molar-refractivity contribution is -0.154. The van der Waals surface area contributed by atoms with Crippen LogP contribution in [0.5, 0.6) is 0 Å². The van der Waals surface area contributed by atoms with Crippen LogP contribution in [0.15, 0.2) is 0 Å². The van der Waals surface area contributed by atoms with Crippen molar-refractivity contribution < 1.29 is 38.1 Å². The second-order valence-electron chi connectivity index (χ2n) is 5.90. The molecule has 0 spiro atoms. The number of carboxylic acid groups (broad SMARTS) is 1. The first-order valence-corrected chi connectivity index (χ1v) is 8.49. The Labute approximate surface area is 135 Å². The monoisotopic (exact) mass is 352 g/mol. The summed E-state index contributed by atoms with van der Waals surface area (Å²) in [5, 5.41) is 11.0.